The Morgan fingerprint density at radius 1 is 1.14 bits per heavy atom. The van der Waals surface area contributed by atoms with Crippen LogP contribution in [-0.2, 0) is 20.9 Å². The molecule has 0 bridgehead atoms. The van der Waals surface area contributed by atoms with E-state index < -0.39 is 11.9 Å². The summed E-state index contributed by atoms with van der Waals surface area (Å²) in [6.07, 6.45) is 2.82. The lowest BCUT2D eigenvalue weighted by molar-refractivity contribution is -0.139. The molecule has 28 heavy (non-hydrogen) atoms. The van der Waals surface area contributed by atoms with Crippen LogP contribution in [-0.4, -0.2) is 29.0 Å². The van der Waals surface area contributed by atoms with Gasteiger partial charge in [0.15, 0.2) is 0 Å². The molecule has 3 rings (SSSR count). The van der Waals surface area contributed by atoms with Crippen molar-refractivity contribution in [2.24, 2.45) is 0 Å². The van der Waals surface area contributed by atoms with Crippen molar-refractivity contribution in [2.45, 2.75) is 13.5 Å². The molecule has 0 amide bonds. The van der Waals surface area contributed by atoms with Crippen LogP contribution in [0.4, 0.5) is 0 Å². The fraction of sp³-hybridized carbons (Fsp3) is 0.143. The van der Waals surface area contributed by atoms with E-state index in [1.807, 2.05) is 13.0 Å². The first-order valence-corrected chi connectivity index (χ1v) is 8.49. The molecule has 2 aromatic carbocycles. The van der Waals surface area contributed by atoms with Crippen LogP contribution in [0.25, 0.3) is 17.0 Å². The monoisotopic (exact) mass is 378 g/mol. The number of carbonyl (C=O) groups excluding carboxylic acids is 2. The number of para-hydroxylation sites is 1. The normalized spacial score (nSPS) is 10.9. The number of rotatable bonds is 5. The van der Waals surface area contributed by atoms with Gasteiger partial charge in [-0.05, 0) is 42.3 Å². The molecule has 0 unspecified atom stereocenters. The number of aryl methyl sites for hydroxylation is 1. The summed E-state index contributed by atoms with van der Waals surface area (Å²) < 4.78 is 9.77. The molecule has 3 aromatic rings. The van der Waals surface area contributed by atoms with E-state index in [4.69, 9.17) is 4.74 Å². The highest BCUT2D eigenvalue weighted by molar-refractivity contribution is 5.90. The minimum Gasteiger partial charge on any atom is -0.465 e. The summed E-state index contributed by atoms with van der Waals surface area (Å²) in [6, 6.07) is 11.9. The third-order valence-corrected chi connectivity index (χ3v) is 4.08. The molecule has 0 aliphatic carbocycles. The predicted molar refractivity (Wildman–Crippen MR) is 104 cm³/mol. The van der Waals surface area contributed by atoms with E-state index in [-0.39, 0.29) is 18.0 Å². The van der Waals surface area contributed by atoms with Crippen LogP contribution in [0.1, 0.15) is 27.3 Å². The maximum absolute atomic E-state index is 12.1. The minimum absolute atomic E-state index is 0.149. The van der Waals surface area contributed by atoms with Gasteiger partial charge in [0.05, 0.1) is 23.6 Å². The quantitative estimate of drug-likeness (QED) is 0.541. The Balaban J connectivity index is 1.65. The van der Waals surface area contributed by atoms with E-state index in [1.165, 1.54) is 13.2 Å². The Hall–Kier alpha value is -3.74. The van der Waals surface area contributed by atoms with Crippen LogP contribution in [0.2, 0.25) is 0 Å². The fourth-order valence-corrected chi connectivity index (χ4v) is 2.62. The number of carbonyl (C=O) groups is 2. The zero-order valence-corrected chi connectivity index (χ0v) is 15.4. The van der Waals surface area contributed by atoms with Gasteiger partial charge in [0.25, 0.3) is 5.56 Å². The second-order valence-corrected chi connectivity index (χ2v) is 6.04. The van der Waals surface area contributed by atoms with Crippen LogP contribution >= 0.6 is 0 Å². The van der Waals surface area contributed by atoms with Gasteiger partial charge < -0.3 is 14.5 Å². The van der Waals surface area contributed by atoms with Gasteiger partial charge in [0.2, 0.25) is 0 Å². The van der Waals surface area contributed by atoms with Crippen molar-refractivity contribution in [1.29, 1.82) is 0 Å². The van der Waals surface area contributed by atoms with E-state index in [2.05, 4.69) is 14.7 Å². The summed E-state index contributed by atoms with van der Waals surface area (Å²) in [5.41, 5.74) is 2.31. The van der Waals surface area contributed by atoms with Gasteiger partial charge in [0.1, 0.15) is 12.4 Å². The highest BCUT2D eigenvalue weighted by atomic mass is 16.5. The number of hydrogen-bond donors (Lipinski definition) is 1. The van der Waals surface area contributed by atoms with Crippen LogP contribution in [0.15, 0.2) is 53.3 Å². The van der Waals surface area contributed by atoms with Crippen LogP contribution in [0, 0.1) is 6.92 Å². The number of hydrogen-bond acceptors (Lipinski definition) is 6. The summed E-state index contributed by atoms with van der Waals surface area (Å²) in [5, 5.41) is 0.491. The molecule has 0 fully saturated rings. The van der Waals surface area contributed by atoms with E-state index in [0.29, 0.717) is 16.5 Å². The van der Waals surface area contributed by atoms with Gasteiger partial charge in [-0.1, -0.05) is 24.3 Å². The van der Waals surface area contributed by atoms with Gasteiger partial charge in [-0.25, -0.2) is 14.6 Å². The lowest BCUT2D eigenvalue weighted by Gasteiger charge is -2.05. The number of nitrogens with zero attached hydrogens (tertiary/aromatic N) is 1. The summed E-state index contributed by atoms with van der Waals surface area (Å²) in [7, 11) is 1.31. The smallest absolute Gasteiger partial charge is 0.337 e. The first kappa shape index (κ1) is 19.0. The SMILES string of the molecule is COC(=O)c1ccc(/C=C/C(=O)OCc2nc3c(C)cccc3c(=O)[nH]2)cc1. The molecule has 0 atom stereocenters. The molecule has 1 N–H and O–H groups in total. The number of benzene rings is 2. The molecule has 0 spiro atoms. The van der Waals surface area contributed by atoms with Gasteiger partial charge in [-0.15, -0.1) is 0 Å². The Morgan fingerprint density at radius 2 is 1.89 bits per heavy atom. The molecule has 0 radical (unpaired) electrons. The van der Waals surface area contributed by atoms with Gasteiger partial charge >= 0.3 is 11.9 Å². The minimum atomic E-state index is -0.579. The Labute approximate surface area is 160 Å². The van der Waals surface area contributed by atoms with Crippen molar-refractivity contribution in [1.82, 2.24) is 9.97 Å². The molecule has 142 valence electrons. The molecular formula is C21H18N2O5. The number of methoxy groups -OCH3 is 1. The second-order valence-electron chi connectivity index (χ2n) is 6.04. The first-order chi connectivity index (χ1) is 13.5. The topological polar surface area (TPSA) is 98.3 Å². The Bertz CT molecular complexity index is 1110. The number of aromatic amines is 1. The maximum Gasteiger partial charge on any atom is 0.337 e. The highest BCUT2D eigenvalue weighted by Crippen LogP contribution is 2.12. The molecular weight excluding hydrogens is 360 g/mol. The van der Waals surface area contributed by atoms with Crippen molar-refractivity contribution >= 4 is 28.9 Å². The zero-order chi connectivity index (χ0) is 20.1. The largest absolute Gasteiger partial charge is 0.465 e. The summed E-state index contributed by atoms with van der Waals surface area (Å²) in [5.74, 6) is -0.734. The van der Waals surface area contributed by atoms with Crippen LogP contribution in [0.3, 0.4) is 0 Å². The van der Waals surface area contributed by atoms with E-state index in [9.17, 15) is 14.4 Å². The van der Waals surface area contributed by atoms with E-state index >= 15 is 0 Å². The van der Waals surface area contributed by atoms with Gasteiger partial charge in [0, 0.05) is 6.08 Å². The third-order valence-electron chi connectivity index (χ3n) is 4.08. The maximum atomic E-state index is 12.1. The lowest BCUT2D eigenvalue weighted by atomic mass is 10.1. The summed E-state index contributed by atoms with van der Waals surface area (Å²) >= 11 is 0. The molecule has 0 aliphatic heterocycles. The van der Waals surface area contributed by atoms with Crippen LogP contribution < -0.4 is 5.56 Å². The van der Waals surface area contributed by atoms with Crippen molar-refractivity contribution in [2.75, 3.05) is 7.11 Å². The van der Waals surface area contributed by atoms with Crippen molar-refractivity contribution in [3.63, 3.8) is 0 Å². The number of esters is 2. The number of nitrogens with one attached hydrogen (secondary N) is 1. The van der Waals surface area contributed by atoms with Gasteiger partial charge in [-0.3, -0.25) is 4.79 Å². The van der Waals surface area contributed by atoms with Gasteiger partial charge in [-0.2, -0.15) is 0 Å². The molecule has 7 heteroatoms. The molecule has 0 saturated carbocycles. The zero-order valence-electron chi connectivity index (χ0n) is 15.4. The fourth-order valence-electron chi connectivity index (χ4n) is 2.62. The second kappa shape index (κ2) is 8.30. The molecule has 0 aliphatic rings. The Kier molecular flexibility index (Phi) is 5.64. The summed E-state index contributed by atoms with van der Waals surface area (Å²) in [4.78, 5) is 42.4. The molecule has 1 aromatic heterocycles. The standard InChI is InChI=1S/C21H18N2O5/c1-13-4-3-5-16-19(13)22-17(23-20(16)25)12-28-18(24)11-8-14-6-9-15(10-7-14)21(26)27-2/h3-11H,12H2,1-2H3,(H,22,23,25)/b11-8+. The molecule has 7 nitrogen and oxygen atoms in total. The van der Waals surface area contributed by atoms with Crippen molar-refractivity contribution in [3.05, 3.63) is 81.4 Å². The number of aromatic nitrogens is 2. The van der Waals surface area contributed by atoms with Crippen molar-refractivity contribution < 1.29 is 19.1 Å². The van der Waals surface area contributed by atoms with E-state index in [0.717, 1.165) is 11.1 Å². The summed E-state index contributed by atoms with van der Waals surface area (Å²) in [6.45, 7) is 1.71. The molecule has 1 heterocycles. The van der Waals surface area contributed by atoms with Crippen LogP contribution in [0.5, 0.6) is 0 Å². The van der Waals surface area contributed by atoms with E-state index in [1.54, 1.807) is 42.5 Å². The average molecular weight is 378 g/mol. The predicted octanol–water partition coefficient (Wildman–Crippen LogP) is 2.77. The lowest BCUT2D eigenvalue weighted by Crippen LogP contribution is -2.14. The Morgan fingerprint density at radius 3 is 2.61 bits per heavy atom. The first-order valence-electron chi connectivity index (χ1n) is 8.49. The highest BCUT2D eigenvalue weighted by Gasteiger charge is 2.08. The van der Waals surface area contributed by atoms with Crippen molar-refractivity contribution in [3.8, 4) is 0 Å². The number of fused-ring (bicyclic) bond motifs is 1. The average Bonchev–Trinajstić information content (AvgIpc) is 2.71. The number of H-pyrrole nitrogens is 1. The third kappa shape index (κ3) is 4.32. The molecule has 0 saturated heterocycles. The number of ether oxygens (including phenoxy) is 2.